The van der Waals surface area contributed by atoms with Gasteiger partial charge in [-0.3, -0.25) is 10.1 Å². The van der Waals surface area contributed by atoms with Crippen molar-refractivity contribution in [2.24, 2.45) is 0 Å². The highest BCUT2D eigenvalue weighted by Gasteiger charge is 2.11. The van der Waals surface area contributed by atoms with Crippen molar-refractivity contribution in [1.29, 1.82) is 0 Å². The Kier molecular flexibility index (Phi) is 7.25. The number of carbonyl (C=O) groups is 1. The third kappa shape index (κ3) is 5.79. The Labute approximate surface area is 174 Å². The lowest BCUT2D eigenvalue weighted by atomic mass is 10.1. The van der Waals surface area contributed by atoms with E-state index in [1.165, 1.54) is 11.3 Å². The molecule has 0 aliphatic carbocycles. The molecule has 8 heteroatoms. The molecule has 5 nitrogen and oxygen atoms in total. The van der Waals surface area contributed by atoms with Crippen molar-refractivity contribution in [2.45, 2.75) is 17.7 Å². The molecule has 1 aromatic heterocycles. The van der Waals surface area contributed by atoms with E-state index in [1.807, 2.05) is 48.5 Å². The number of anilines is 1. The van der Waals surface area contributed by atoms with Crippen LogP contribution in [0.3, 0.4) is 0 Å². The fourth-order valence-electron chi connectivity index (χ4n) is 2.23. The van der Waals surface area contributed by atoms with E-state index in [0.717, 1.165) is 32.1 Å². The number of hydrogen-bond acceptors (Lipinski definition) is 6. The van der Waals surface area contributed by atoms with Gasteiger partial charge in [0.15, 0.2) is 10.9 Å². The third-order valence-corrected chi connectivity index (χ3v) is 6.28. The third-order valence-electron chi connectivity index (χ3n) is 3.48. The molecule has 1 heterocycles. The summed E-state index contributed by atoms with van der Waals surface area (Å²) in [5, 5.41) is 11.2. The second kappa shape index (κ2) is 9.87. The molecule has 27 heavy (non-hydrogen) atoms. The predicted octanol–water partition coefficient (Wildman–Crippen LogP) is 5.49. The molecular formula is C19H18BrN3O2S2. The van der Waals surface area contributed by atoms with Gasteiger partial charge in [0.2, 0.25) is 5.13 Å². The average molecular weight is 464 g/mol. The van der Waals surface area contributed by atoms with Crippen molar-refractivity contribution in [2.75, 3.05) is 17.7 Å². The first-order valence-corrected chi connectivity index (χ1v) is 11.0. The van der Waals surface area contributed by atoms with Crippen LogP contribution < -0.4 is 10.1 Å². The van der Waals surface area contributed by atoms with Crippen LogP contribution in [-0.4, -0.2) is 28.5 Å². The van der Waals surface area contributed by atoms with Crippen molar-refractivity contribution in [1.82, 2.24) is 10.2 Å². The van der Waals surface area contributed by atoms with E-state index in [-0.39, 0.29) is 12.5 Å². The van der Waals surface area contributed by atoms with Crippen LogP contribution in [0.2, 0.25) is 0 Å². The van der Waals surface area contributed by atoms with Gasteiger partial charge in [-0.15, -0.1) is 10.2 Å². The summed E-state index contributed by atoms with van der Waals surface area (Å²) in [7, 11) is 0. The second-order valence-electron chi connectivity index (χ2n) is 5.57. The number of nitrogens with zero attached hydrogens (tertiary/aromatic N) is 2. The molecule has 0 radical (unpaired) electrons. The quantitative estimate of drug-likeness (QED) is 0.353. The van der Waals surface area contributed by atoms with E-state index in [0.29, 0.717) is 10.9 Å². The van der Waals surface area contributed by atoms with Gasteiger partial charge in [0, 0.05) is 5.75 Å². The van der Waals surface area contributed by atoms with Crippen LogP contribution in [0.15, 0.2) is 57.3 Å². The van der Waals surface area contributed by atoms with Gasteiger partial charge in [0.1, 0.15) is 5.75 Å². The largest absolute Gasteiger partial charge is 0.483 e. The highest BCUT2D eigenvalue weighted by Crippen LogP contribution is 2.31. The average Bonchev–Trinajstić information content (AvgIpc) is 3.13. The fourth-order valence-corrected chi connectivity index (χ4v) is 4.42. The van der Waals surface area contributed by atoms with Crippen LogP contribution in [-0.2, 0) is 4.79 Å². The number of rotatable bonds is 8. The Morgan fingerprint density at radius 1 is 1.19 bits per heavy atom. The minimum atomic E-state index is -0.266. The fraction of sp³-hybridized carbons (Fsp3) is 0.211. The first kappa shape index (κ1) is 19.9. The summed E-state index contributed by atoms with van der Waals surface area (Å²) in [4.78, 5) is 12.1. The molecule has 0 bridgehead atoms. The zero-order valence-electron chi connectivity index (χ0n) is 14.6. The van der Waals surface area contributed by atoms with Gasteiger partial charge in [0.05, 0.1) is 4.47 Å². The number of halogens is 1. The summed E-state index contributed by atoms with van der Waals surface area (Å²) in [6.07, 6.45) is 1.07. The molecule has 3 aromatic rings. The first-order valence-electron chi connectivity index (χ1n) is 8.39. The van der Waals surface area contributed by atoms with E-state index in [2.05, 4.69) is 38.4 Å². The van der Waals surface area contributed by atoms with Crippen molar-refractivity contribution >= 4 is 50.1 Å². The molecule has 140 valence electrons. The Morgan fingerprint density at radius 3 is 2.74 bits per heavy atom. The van der Waals surface area contributed by atoms with Gasteiger partial charge in [-0.25, -0.2) is 0 Å². The van der Waals surface area contributed by atoms with E-state index < -0.39 is 0 Å². The van der Waals surface area contributed by atoms with Crippen molar-refractivity contribution in [3.05, 3.63) is 53.0 Å². The highest BCUT2D eigenvalue weighted by atomic mass is 79.9. The van der Waals surface area contributed by atoms with Gasteiger partial charge in [-0.05, 0) is 45.6 Å². The highest BCUT2D eigenvalue weighted by molar-refractivity contribution is 9.10. The van der Waals surface area contributed by atoms with Gasteiger partial charge < -0.3 is 4.74 Å². The molecule has 3 rings (SSSR count). The summed E-state index contributed by atoms with van der Waals surface area (Å²) in [6.45, 7) is 2.01. The molecule has 0 atom stereocenters. The molecule has 0 spiro atoms. The van der Waals surface area contributed by atoms with Gasteiger partial charge >= 0.3 is 0 Å². The summed E-state index contributed by atoms with van der Waals surface area (Å²) in [5.74, 6) is 1.33. The minimum absolute atomic E-state index is 0.0969. The molecule has 1 amide bonds. The molecule has 0 saturated carbocycles. The van der Waals surface area contributed by atoms with Crippen molar-refractivity contribution in [3.8, 4) is 16.9 Å². The summed E-state index contributed by atoms with van der Waals surface area (Å²) in [5.41, 5.74) is 2.20. The van der Waals surface area contributed by atoms with E-state index >= 15 is 0 Å². The van der Waals surface area contributed by atoms with Crippen LogP contribution in [0.25, 0.3) is 11.1 Å². The molecule has 0 saturated heterocycles. The van der Waals surface area contributed by atoms with E-state index in [1.54, 1.807) is 11.8 Å². The lowest BCUT2D eigenvalue weighted by Gasteiger charge is -2.09. The smallest absolute Gasteiger partial charge is 0.264 e. The summed E-state index contributed by atoms with van der Waals surface area (Å²) >= 11 is 6.51. The molecule has 0 unspecified atom stereocenters. The Hall–Kier alpha value is -1.90. The van der Waals surface area contributed by atoms with Gasteiger partial charge in [0.25, 0.3) is 5.91 Å². The molecular weight excluding hydrogens is 446 g/mol. The summed E-state index contributed by atoms with van der Waals surface area (Å²) in [6, 6.07) is 15.9. The maximum atomic E-state index is 12.1. The van der Waals surface area contributed by atoms with Gasteiger partial charge in [-0.1, -0.05) is 66.4 Å². The Morgan fingerprint density at radius 2 is 2.00 bits per heavy atom. The second-order valence-corrected chi connectivity index (χ2v) is 8.74. The normalized spacial score (nSPS) is 10.6. The predicted molar refractivity (Wildman–Crippen MR) is 115 cm³/mol. The number of hydrogen-bond donors (Lipinski definition) is 1. The number of aromatic nitrogens is 2. The van der Waals surface area contributed by atoms with Crippen molar-refractivity contribution < 1.29 is 9.53 Å². The molecule has 0 aliphatic heterocycles. The maximum absolute atomic E-state index is 12.1. The topological polar surface area (TPSA) is 64.1 Å². The monoisotopic (exact) mass is 463 g/mol. The van der Waals surface area contributed by atoms with Crippen LogP contribution in [0.5, 0.6) is 5.75 Å². The Bertz CT molecular complexity index is 903. The van der Waals surface area contributed by atoms with E-state index in [4.69, 9.17) is 4.74 Å². The molecule has 0 fully saturated rings. The van der Waals surface area contributed by atoms with E-state index in [9.17, 15) is 4.79 Å². The molecule has 1 N–H and O–H groups in total. The van der Waals surface area contributed by atoms with Crippen LogP contribution in [0, 0.1) is 0 Å². The van der Waals surface area contributed by atoms with Crippen LogP contribution >= 0.6 is 39.0 Å². The maximum Gasteiger partial charge on any atom is 0.264 e. The molecule has 2 aromatic carbocycles. The Balaban J connectivity index is 1.55. The zero-order chi connectivity index (χ0) is 19.1. The standard InChI is InChI=1S/C19H18BrN3O2S2/c1-2-10-26-19-23-22-18(27-19)21-17(24)12-25-16-9-8-14(11-15(16)20)13-6-4-3-5-7-13/h3-9,11H,2,10,12H2,1H3,(H,21,22,24). The number of benzene rings is 2. The number of ether oxygens (including phenoxy) is 1. The van der Waals surface area contributed by atoms with Crippen LogP contribution in [0.1, 0.15) is 13.3 Å². The lowest BCUT2D eigenvalue weighted by Crippen LogP contribution is -2.20. The zero-order valence-corrected chi connectivity index (χ0v) is 17.9. The SMILES string of the molecule is CCCSc1nnc(NC(=O)COc2ccc(-c3ccccc3)cc2Br)s1. The van der Waals surface area contributed by atoms with Gasteiger partial charge in [-0.2, -0.15) is 0 Å². The number of carbonyl (C=O) groups excluding carboxylic acids is 1. The summed E-state index contributed by atoms with van der Waals surface area (Å²) < 4.78 is 7.28. The van der Waals surface area contributed by atoms with Crippen LogP contribution in [0.4, 0.5) is 5.13 Å². The first-order chi connectivity index (χ1) is 13.2. The number of thioether (sulfide) groups is 1. The molecule has 0 aliphatic rings. The lowest BCUT2D eigenvalue weighted by molar-refractivity contribution is -0.118. The minimum Gasteiger partial charge on any atom is -0.483 e. The van der Waals surface area contributed by atoms with Crippen molar-refractivity contribution in [3.63, 3.8) is 0 Å². The number of amides is 1. The number of nitrogens with one attached hydrogen (secondary N) is 1.